The number of amides is 1. The van der Waals surface area contributed by atoms with Crippen LogP contribution in [0.25, 0.3) is 16.8 Å². The van der Waals surface area contributed by atoms with Crippen molar-refractivity contribution in [1.29, 1.82) is 0 Å². The number of thioether (sulfide) groups is 1. The largest absolute Gasteiger partial charge is 0.493 e. The molecule has 140 valence electrons. The lowest BCUT2D eigenvalue weighted by Gasteiger charge is -2.15. The van der Waals surface area contributed by atoms with Crippen LogP contribution in [0, 0.1) is 0 Å². The number of benzene rings is 3. The van der Waals surface area contributed by atoms with Crippen molar-refractivity contribution in [3.05, 3.63) is 71.1 Å². The third-order valence-electron chi connectivity index (χ3n) is 4.50. The zero-order chi connectivity index (χ0) is 19.7. The fourth-order valence-corrected chi connectivity index (χ4v) is 4.46. The van der Waals surface area contributed by atoms with E-state index in [4.69, 9.17) is 21.7 Å². The molecule has 3 aromatic rings. The lowest BCUT2D eigenvalue weighted by molar-refractivity contribution is -0.113. The number of fused-ring (bicyclic) bond motifs is 1. The molecule has 1 aliphatic heterocycles. The van der Waals surface area contributed by atoms with Gasteiger partial charge in [0.15, 0.2) is 15.8 Å². The van der Waals surface area contributed by atoms with Crippen molar-refractivity contribution in [2.75, 3.05) is 19.1 Å². The van der Waals surface area contributed by atoms with Crippen LogP contribution in [0.2, 0.25) is 0 Å². The van der Waals surface area contributed by atoms with Crippen molar-refractivity contribution in [1.82, 2.24) is 0 Å². The van der Waals surface area contributed by atoms with Crippen LogP contribution in [0.1, 0.15) is 5.56 Å². The molecule has 6 heteroatoms. The molecule has 0 saturated carbocycles. The summed E-state index contributed by atoms with van der Waals surface area (Å²) < 4.78 is 11.3. The van der Waals surface area contributed by atoms with Crippen LogP contribution in [0.15, 0.2) is 65.6 Å². The molecule has 0 unspecified atom stereocenters. The number of anilines is 1. The van der Waals surface area contributed by atoms with Gasteiger partial charge in [-0.05, 0) is 35.0 Å². The van der Waals surface area contributed by atoms with Crippen LogP contribution in [-0.4, -0.2) is 24.4 Å². The van der Waals surface area contributed by atoms with E-state index in [1.54, 1.807) is 25.2 Å². The van der Waals surface area contributed by atoms with Gasteiger partial charge in [0.05, 0.1) is 24.8 Å². The highest BCUT2D eigenvalue weighted by molar-refractivity contribution is 8.27. The highest BCUT2D eigenvalue weighted by Crippen LogP contribution is 2.39. The quantitative estimate of drug-likeness (QED) is 0.436. The first-order valence-corrected chi connectivity index (χ1v) is 9.82. The standard InChI is InChI=1S/C22H17NO3S2/c1-25-18-9-5-8-16(20(18)26-2)13-19-21(24)23(22(27)28-19)17-11-10-14-6-3-4-7-15(14)12-17/h3-13H,1-2H3/b19-13-. The third-order valence-corrected chi connectivity index (χ3v) is 5.81. The fraction of sp³-hybridized carbons (Fsp3) is 0.0909. The molecule has 0 aliphatic carbocycles. The van der Waals surface area contributed by atoms with Gasteiger partial charge < -0.3 is 9.47 Å². The van der Waals surface area contributed by atoms with Crippen LogP contribution in [0.5, 0.6) is 11.5 Å². The summed E-state index contributed by atoms with van der Waals surface area (Å²) in [6.07, 6.45) is 1.79. The molecule has 0 bridgehead atoms. The van der Waals surface area contributed by atoms with Crippen molar-refractivity contribution in [3.8, 4) is 11.5 Å². The maximum atomic E-state index is 13.1. The maximum absolute atomic E-state index is 13.1. The van der Waals surface area contributed by atoms with Crippen LogP contribution in [0.3, 0.4) is 0 Å². The summed E-state index contributed by atoms with van der Waals surface area (Å²) in [4.78, 5) is 15.2. The van der Waals surface area contributed by atoms with Gasteiger partial charge in [0, 0.05) is 5.56 Å². The zero-order valence-corrected chi connectivity index (χ0v) is 17.0. The Bertz CT molecular complexity index is 1120. The van der Waals surface area contributed by atoms with Crippen molar-refractivity contribution in [2.24, 2.45) is 0 Å². The van der Waals surface area contributed by atoms with Gasteiger partial charge in [0.1, 0.15) is 0 Å². The van der Waals surface area contributed by atoms with Gasteiger partial charge in [-0.25, -0.2) is 0 Å². The number of hydrogen-bond acceptors (Lipinski definition) is 5. The SMILES string of the molecule is COc1cccc(/C=C2\SC(=S)N(c3ccc4ccccc4c3)C2=O)c1OC. The first kappa shape index (κ1) is 18.5. The van der Waals surface area contributed by atoms with Gasteiger partial charge in [-0.2, -0.15) is 0 Å². The summed E-state index contributed by atoms with van der Waals surface area (Å²) in [6.45, 7) is 0. The Morgan fingerprint density at radius 2 is 1.75 bits per heavy atom. The molecular formula is C22H17NO3S2. The average molecular weight is 408 g/mol. The number of carbonyl (C=O) groups is 1. The van der Waals surface area contributed by atoms with E-state index >= 15 is 0 Å². The number of nitrogens with zero attached hydrogens (tertiary/aromatic N) is 1. The van der Waals surface area contributed by atoms with E-state index in [0.717, 1.165) is 22.0 Å². The molecule has 0 N–H and O–H groups in total. The Balaban J connectivity index is 1.72. The van der Waals surface area contributed by atoms with Crippen molar-refractivity contribution < 1.29 is 14.3 Å². The Labute approximate surface area is 172 Å². The topological polar surface area (TPSA) is 38.8 Å². The van der Waals surface area contributed by atoms with Gasteiger partial charge in [-0.1, -0.05) is 66.4 Å². The highest BCUT2D eigenvalue weighted by atomic mass is 32.2. The second-order valence-corrected chi connectivity index (χ2v) is 7.81. The summed E-state index contributed by atoms with van der Waals surface area (Å²) in [5.74, 6) is 1.05. The van der Waals surface area contributed by atoms with Gasteiger partial charge in [-0.3, -0.25) is 9.69 Å². The van der Waals surface area contributed by atoms with E-state index in [1.807, 2.05) is 60.7 Å². The van der Waals surface area contributed by atoms with Gasteiger partial charge in [-0.15, -0.1) is 0 Å². The van der Waals surface area contributed by atoms with Crippen molar-refractivity contribution in [3.63, 3.8) is 0 Å². The molecule has 0 spiro atoms. The molecule has 0 aromatic heterocycles. The molecule has 0 atom stereocenters. The molecule has 1 heterocycles. The van der Waals surface area contributed by atoms with Gasteiger partial charge in [0.2, 0.25) is 0 Å². The molecule has 1 saturated heterocycles. The van der Waals surface area contributed by atoms with Crippen molar-refractivity contribution >= 4 is 56.7 Å². The van der Waals surface area contributed by atoms with E-state index in [1.165, 1.54) is 11.8 Å². The molecule has 4 nitrogen and oxygen atoms in total. The lowest BCUT2D eigenvalue weighted by atomic mass is 10.1. The first-order valence-electron chi connectivity index (χ1n) is 8.60. The van der Waals surface area contributed by atoms with Crippen LogP contribution >= 0.6 is 24.0 Å². The van der Waals surface area contributed by atoms with Crippen molar-refractivity contribution in [2.45, 2.75) is 0 Å². The maximum Gasteiger partial charge on any atom is 0.270 e. The number of methoxy groups -OCH3 is 2. The lowest BCUT2D eigenvalue weighted by Crippen LogP contribution is -2.27. The van der Waals surface area contributed by atoms with E-state index in [0.29, 0.717) is 20.7 Å². The minimum atomic E-state index is -0.143. The van der Waals surface area contributed by atoms with E-state index in [9.17, 15) is 4.79 Å². The Morgan fingerprint density at radius 3 is 2.50 bits per heavy atom. The first-order chi connectivity index (χ1) is 13.6. The average Bonchev–Trinajstić information content (AvgIpc) is 3.00. The summed E-state index contributed by atoms with van der Waals surface area (Å²) >= 11 is 6.78. The summed E-state index contributed by atoms with van der Waals surface area (Å²) in [5, 5.41) is 2.18. The molecule has 3 aromatic carbocycles. The summed E-state index contributed by atoms with van der Waals surface area (Å²) in [7, 11) is 3.16. The molecule has 0 radical (unpaired) electrons. The molecular weight excluding hydrogens is 390 g/mol. The Morgan fingerprint density at radius 1 is 0.964 bits per heavy atom. The summed E-state index contributed by atoms with van der Waals surface area (Å²) in [6, 6.07) is 19.5. The molecule has 1 fully saturated rings. The second kappa shape index (κ2) is 7.66. The minimum Gasteiger partial charge on any atom is -0.493 e. The predicted octanol–water partition coefficient (Wildman–Crippen LogP) is 5.26. The minimum absolute atomic E-state index is 0.143. The molecule has 1 amide bonds. The van der Waals surface area contributed by atoms with E-state index in [2.05, 4.69) is 0 Å². The fourth-order valence-electron chi connectivity index (χ4n) is 3.17. The highest BCUT2D eigenvalue weighted by Gasteiger charge is 2.33. The zero-order valence-electron chi connectivity index (χ0n) is 15.3. The smallest absolute Gasteiger partial charge is 0.270 e. The predicted molar refractivity (Wildman–Crippen MR) is 119 cm³/mol. The number of rotatable bonds is 4. The number of carbonyl (C=O) groups excluding carboxylic acids is 1. The van der Waals surface area contributed by atoms with Crippen LogP contribution in [0.4, 0.5) is 5.69 Å². The van der Waals surface area contributed by atoms with Gasteiger partial charge >= 0.3 is 0 Å². The number of thiocarbonyl (C=S) groups is 1. The van der Waals surface area contributed by atoms with E-state index in [-0.39, 0.29) is 5.91 Å². The number of para-hydroxylation sites is 1. The Kier molecular flexibility index (Phi) is 5.07. The van der Waals surface area contributed by atoms with Crippen LogP contribution < -0.4 is 14.4 Å². The van der Waals surface area contributed by atoms with E-state index < -0.39 is 0 Å². The monoisotopic (exact) mass is 407 g/mol. The Hall–Kier alpha value is -2.83. The molecule has 1 aliphatic rings. The molecule has 28 heavy (non-hydrogen) atoms. The van der Waals surface area contributed by atoms with Crippen LogP contribution in [-0.2, 0) is 4.79 Å². The number of hydrogen-bond donors (Lipinski definition) is 0. The second-order valence-electron chi connectivity index (χ2n) is 6.13. The third kappa shape index (κ3) is 3.25. The van der Waals surface area contributed by atoms with Gasteiger partial charge in [0.25, 0.3) is 5.91 Å². The summed E-state index contributed by atoms with van der Waals surface area (Å²) in [5.41, 5.74) is 1.53. The molecule has 4 rings (SSSR count). The normalized spacial score (nSPS) is 15.5. The number of ether oxygens (including phenoxy) is 2.